The number of amides is 1. The number of hydrogen-bond acceptors (Lipinski definition) is 2. The van der Waals surface area contributed by atoms with Gasteiger partial charge in [-0.25, -0.2) is 0 Å². The summed E-state index contributed by atoms with van der Waals surface area (Å²) in [6.45, 7) is 7.00. The summed E-state index contributed by atoms with van der Waals surface area (Å²) < 4.78 is 5.03. The van der Waals surface area contributed by atoms with Crippen LogP contribution in [0.3, 0.4) is 0 Å². The third-order valence-corrected chi connectivity index (χ3v) is 2.60. The molecule has 3 nitrogen and oxygen atoms in total. The lowest BCUT2D eigenvalue weighted by molar-refractivity contribution is -0.183. The van der Waals surface area contributed by atoms with Crippen LogP contribution in [0.1, 0.15) is 20.8 Å². The number of rotatable bonds is 1. The van der Waals surface area contributed by atoms with Gasteiger partial charge < -0.3 is 10.5 Å². The normalized spacial score (nSPS) is 22.5. The van der Waals surface area contributed by atoms with E-state index in [0.29, 0.717) is 13.2 Å². The fourth-order valence-electron chi connectivity index (χ4n) is 1.25. The minimum atomic E-state index is -0.424. The van der Waals surface area contributed by atoms with Gasteiger partial charge in [-0.15, -0.1) is 0 Å². The van der Waals surface area contributed by atoms with Crippen LogP contribution in [0.2, 0.25) is 0 Å². The van der Waals surface area contributed by atoms with E-state index in [0.717, 1.165) is 0 Å². The molecule has 1 fully saturated rings. The van der Waals surface area contributed by atoms with Gasteiger partial charge in [-0.05, 0) is 5.41 Å². The maximum absolute atomic E-state index is 11.1. The van der Waals surface area contributed by atoms with Crippen LogP contribution < -0.4 is 5.73 Å². The second kappa shape index (κ2) is 2.21. The number of carbonyl (C=O) groups is 1. The number of carbonyl (C=O) groups excluding carboxylic acids is 1. The van der Waals surface area contributed by atoms with E-state index in [1.54, 1.807) is 0 Å². The molecule has 64 valence electrons. The van der Waals surface area contributed by atoms with Crippen molar-refractivity contribution in [1.29, 1.82) is 0 Å². The Labute approximate surface area is 66.9 Å². The minimum absolute atomic E-state index is 0.0862. The van der Waals surface area contributed by atoms with Crippen LogP contribution in [-0.4, -0.2) is 19.1 Å². The first-order valence-electron chi connectivity index (χ1n) is 3.78. The Morgan fingerprint density at radius 1 is 1.45 bits per heavy atom. The monoisotopic (exact) mass is 157 g/mol. The Balaban J connectivity index is 2.85. The smallest absolute Gasteiger partial charge is 0.228 e. The molecular weight excluding hydrogens is 142 g/mol. The molecule has 2 N–H and O–H groups in total. The van der Waals surface area contributed by atoms with Crippen LogP contribution >= 0.6 is 0 Å². The van der Waals surface area contributed by atoms with Gasteiger partial charge in [0.25, 0.3) is 0 Å². The number of ether oxygens (including phenoxy) is 1. The summed E-state index contributed by atoms with van der Waals surface area (Å²) in [5.74, 6) is -0.240. The van der Waals surface area contributed by atoms with Crippen molar-refractivity contribution in [3.8, 4) is 0 Å². The van der Waals surface area contributed by atoms with Crippen LogP contribution in [0.5, 0.6) is 0 Å². The van der Waals surface area contributed by atoms with E-state index in [1.807, 2.05) is 20.8 Å². The first-order chi connectivity index (χ1) is 4.90. The number of hydrogen-bond donors (Lipinski definition) is 1. The van der Waals surface area contributed by atoms with Gasteiger partial charge in [0, 0.05) is 0 Å². The van der Waals surface area contributed by atoms with E-state index in [4.69, 9.17) is 10.5 Å². The molecule has 0 atom stereocenters. The van der Waals surface area contributed by atoms with E-state index in [2.05, 4.69) is 0 Å². The summed E-state index contributed by atoms with van der Waals surface area (Å²) in [5.41, 5.74) is 4.79. The summed E-state index contributed by atoms with van der Waals surface area (Å²) in [6, 6.07) is 0. The highest BCUT2D eigenvalue weighted by Crippen LogP contribution is 2.44. The average Bonchev–Trinajstić information content (AvgIpc) is 1.52. The molecule has 1 saturated heterocycles. The first-order valence-corrected chi connectivity index (χ1v) is 3.78. The molecule has 1 aliphatic heterocycles. The van der Waals surface area contributed by atoms with Crippen LogP contribution in [0.15, 0.2) is 0 Å². The van der Waals surface area contributed by atoms with Gasteiger partial charge in [-0.3, -0.25) is 4.79 Å². The molecular formula is C8H15NO2. The quantitative estimate of drug-likeness (QED) is 0.603. The van der Waals surface area contributed by atoms with Crippen molar-refractivity contribution >= 4 is 5.91 Å². The molecule has 0 bridgehead atoms. The maximum atomic E-state index is 11.1. The molecule has 0 radical (unpaired) electrons. The topological polar surface area (TPSA) is 52.3 Å². The molecule has 0 unspecified atom stereocenters. The zero-order chi connectivity index (χ0) is 8.70. The van der Waals surface area contributed by atoms with Crippen molar-refractivity contribution < 1.29 is 9.53 Å². The molecule has 1 amide bonds. The zero-order valence-corrected chi connectivity index (χ0v) is 7.31. The van der Waals surface area contributed by atoms with Gasteiger partial charge in [0.1, 0.15) is 5.41 Å². The van der Waals surface area contributed by atoms with Gasteiger partial charge in [-0.2, -0.15) is 0 Å². The molecule has 1 heterocycles. The SMILES string of the molecule is CC(C)(C)C1(C(N)=O)COC1. The van der Waals surface area contributed by atoms with Gasteiger partial charge in [0.2, 0.25) is 5.91 Å². The van der Waals surface area contributed by atoms with Crippen LogP contribution in [0.25, 0.3) is 0 Å². The van der Waals surface area contributed by atoms with Crippen LogP contribution in [0.4, 0.5) is 0 Å². The standard InChI is InChI=1S/C8H15NO2/c1-7(2,3)8(6(9)10)4-11-5-8/h4-5H2,1-3H3,(H2,9,10). The molecule has 0 spiro atoms. The van der Waals surface area contributed by atoms with E-state index in [1.165, 1.54) is 0 Å². The lowest BCUT2D eigenvalue weighted by Crippen LogP contribution is -2.59. The fourth-order valence-corrected chi connectivity index (χ4v) is 1.25. The van der Waals surface area contributed by atoms with Crippen molar-refractivity contribution in [3.05, 3.63) is 0 Å². The summed E-state index contributed by atoms with van der Waals surface area (Å²) >= 11 is 0. The fraction of sp³-hybridized carbons (Fsp3) is 0.875. The van der Waals surface area contributed by atoms with Crippen molar-refractivity contribution in [2.24, 2.45) is 16.6 Å². The van der Waals surface area contributed by atoms with Gasteiger partial charge >= 0.3 is 0 Å². The van der Waals surface area contributed by atoms with E-state index in [9.17, 15) is 4.79 Å². The van der Waals surface area contributed by atoms with Crippen LogP contribution in [-0.2, 0) is 9.53 Å². The third kappa shape index (κ3) is 1.03. The molecule has 0 aliphatic carbocycles. The summed E-state index contributed by atoms with van der Waals surface area (Å²) in [6.07, 6.45) is 0. The highest BCUT2D eigenvalue weighted by atomic mass is 16.5. The van der Waals surface area contributed by atoms with Crippen molar-refractivity contribution in [2.45, 2.75) is 20.8 Å². The Bertz CT molecular complexity index is 177. The van der Waals surface area contributed by atoms with Gasteiger partial charge in [0.05, 0.1) is 13.2 Å². The lowest BCUT2D eigenvalue weighted by Gasteiger charge is -2.48. The molecule has 0 aromatic heterocycles. The Kier molecular flexibility index (Phi) is 1.71. The van der Waals surface area contributed by atoms with Gasteiger partial charge in [-0.1, -0.05) is 20.8 Å². The molecule has 0 saturated carbocycles. The molecule has 11 heavy (non-hydrogen) atoms. The molecule has 0 aromatic rings. The van der Waals surface area contributed by atoms with E-state index >= 15 is 0 Å². The van der Waals surface area contributed by atoms with Crippen molar-refractivity contribution in [3.63, 3.8) is 0 Å². The summed E-state index contributed by atoms with van der Waals surface area (Å²) in [7, 11) is 0. The molecule has 1 aliphatic rings. The molecule has 0 aromatic carbocycles. The van der Waals surface area contributed by atoms with Crippen LogP contribution in [0, 0.1) is 10.8 Å². The summed E-state index contributed by atoms with van der Waals surface area (Å²) in [5, 5.41) is 0. The van der Waals surface area contributed by atoms with E-state index < -0.39 is 5.41 Å². The molecule has 3 heteroatoms. The Morgan fingerprint density at radius 3 is 1.91 bits per heavy atom. The highest BCUT2D eigenvalue weighted by Gasteiger charge is 2.53. The van der Waals surface area contributed by atoms with Crippen molar-refractivity contribution in [1.82, 2.24) is 0 Å². The second-order valence-electron chi connectivity index (χ2n) is 4.19. The second-order valence-corrected chi connectivity index (χ2v) is 4.19. The third-order valence-electron chi connectivity index (χ3n) is 2.60. The largest absolute Gasteiger partial charge is 0.379 e. The predicted molar refractivity (Wildman–Crippen MR) is 41.9 cm³/mol. The predicted octanol–water partition coefficient (Wildman–Crippen LogP) is 0.534. The number of nitrogens with two attached hydrogens (primary N) is 1. The number of primary amides is 1. The maximum Gasteiger partial charge on any atom is 0.228 e. The lowest BCUT2D eigenvalue weighted by atomic mass is 9.64. The van der Waals surface area contributed by atoms with Crippen molar-refractivity contribution in [2.75, 3.05) is 13.2 Å². The minimum Gasteiger partial charge on any atom is -0.379 e. The average molecular weight is 157 g/mol. The zero-order valence-electron chi connectivity index (χ0n) is 7.31. The van der Waals surface area contributed by atoms with Gasteiger partial charge in [0.15, 0.2) is 0 Å². The first kappa shape index (κ1) is 8.53. The molecule has 1 rings (SSSR count). The Morgan fingerprint density at radius 2 is 1.91 bits per heavy atom. The Hall–Kier alpha value is -0.570. The highest BCUT2D eigenvalue weighted by molar-refractivity contribution is 5.82. The summed E-state index contributed by atoms with van der Waals surface area (Å²) in [4.78, 5) is 11.1. The van der Waals surface area contributed by atoms with E-state index in [-0.39, 0.29) is 11.3 Å².